The molecular weight excluding hydrogens is 308 g/mol. The molecule has 0 saturated heterocycles. The molecule has 0 radical (unpaired) electrons. The predicted octanol–water partition coefficient (Wildman–Crippen LogP) is 4.38. The fourth-order valence-electron chi connectivity index (χ4n) is 4.29. The number of hydrogen-bond acceptors (Lipinski definition) is 4. The molecule has 4 nitrogen and oxygen atoms in total. The monoisotopic (exact) mass is 324 g/mol. The second-order valence-corrected chi connectivity index (χ2v) is 7.13. The number of aromatic hydroxyl groups is 2. The van der Waals surface area contributed by atoms with Gasteiger partial charge >= 0.3 is 0 Å². The zero-order valence-corrected chi connectivity index (χ0v) is 13.3. The molecule has 0 unspecified atom stereocenters. The third kappa shape index (κ3) is 1.74. The Balaban J connectivity index is 1.61. The predicted molar refractivity (Wildman–Crippen MR) is 89.5 cm³/mol. The molecule has 1 aromatic carbocycles. The molecule has 3 aromatic rings. The molecule has 2 atom stereocenters. The van der Waals surface area contributed by atoms with Crippen molar-refractivity contribution in [3.05, 3.63) is 47.0 Å². The summed E-state index contributed by atoms with van der Waals surface area (Å²) in [6, 6.07) is 7.86. The number of benzene rings is 1. The highest BCUT2D eigenvalue weighted by Crippen LogP contribution is 2.60. The number of aromatic nitrogens is 2. The molecule has 1 saturated carbocycles. The maximum atomic E-state index is 10.7. The molecule has 2 aliphatic rings. The van der Waals surface area contributed by atoms with Crippen LogP contribution in [0.2, 0.25) is 0 Å². The first-order valence-corrected chi connectivity index (χ1v) is 8.74. The average molecular weight is 324 g/mol. The van der Waals surface area contributed by atoms with Crippen molar-refractivity contribution in [3.8, 4) is 28.6 Å². The third-order valence-corrected chi connectivity index (χ3v) is 5.92. The summed E-state index contributed by atoms with van der Waals surface area (Å²) in [5.41, 5.74) is 4.92. The lowest BCUT2D eigenvalue weighted by atomic mass is 9.95. The first-order valence-electron chi connectivity index (χ1n) is 7.90. The van der Waals surface area contributed by atoms with Crippen molar-refractivity contribution in [1.29, 1.82) is 0 Å². The fourth-order valence-corrected chi connectivity index (χ4v) is 4.83. The van der Waals surface area contributed by atoms with Crippen LogP contribution in [-0.4, -0.2) is 19.2 Å². The van der Waals surface area contributed by atoms with Gasteiger partial charge in [0, 0.05) is 28.3 Å². The molecular formula is C18H16N2O2S. The summed E-state index contributed by atoms with van der Waals surface area (Å²) >= 11 is 1.43. The lowest BCUT2D eigenvalue weighted by molar-refractivity contribution is 0.394. The summed E-state index contributed by atoms with van der Waals surface area (Å²) in [6.45, 7) is 0. The second-order valence-electron chi connectivity index (χ2n) is 6.48. The summed E-state index contributed by atoms with van der Waals surface area (Å²) in [5, 5.41) is 23.3. The molecule has 23 heavy (non-hydrogen) atoms. The summed E-state index contributed by atoms with van der Waals surface area (Å²) < 4.78 is 5.71. The van der Waals surface area contributed by atoms with Gasteiger partial charge in [-0.25, -0.2) is 4.37 Å². The Morgan fingerprint density at radius 2 is 1.61 bits per heavy atom. The van der Waals surface area contributed by atoms with Gasteiger partial charge in [0.1, 0.15) is 0 Å². The summed E-state index contributed by atoms with van der Waals surface area (Å²) in [5.74, 6) is 1.26. The highest BCUT2D eigenvalue weighted by molar-refractivity contribution is 7.03. The van der Waals surface area contributed by atoms with Gasteiger partial charge in [-0.2, -0.15) is 0 Å². The Kier molecular flexibility index (Phi) is 2.65. The molecule has 0 amide bonds. The van der Waals surface area contributed by atoms with E-state index in [1.54, 1.807) is 4.57 Å². The quantitative estimate of drug-likeness (QED) is 0.735. The van der Waals surface area contributed by atoms with E-state index >= 15 is 0 Å². The van der Waals surface area contributed by atoms with Crippen LogP contribution in [0.3, 0.4) is 0 Å². The second kappa shape index (κ2) is 4.61. The SMILES string of the molecule is Oc1c2c(c(O)n1-c1ccc(-c3cnsc3)cc1)[C@H]1CC[C@@H]2C1. The molecule has 116 valence electrons. The van der Waals surface area contributed by atoms with Crippen LogP contribution in [-0.2, 0) is 0 Å². The highest BCUT2D eigenvalue weighted by Gasteiger charge is 2.44. The van der Waals surface area contributed by atoms with Gasteiger partial charge in [0.05, 0.1) is 5.69 Å². The minimum atomic E-state index is 0.217. The van der Waals surface area contributed by atoms with Crippen LogP contribution in [0, 0.1) is 0 Å². The molecule has 5 heteroatoms. The zero-order chi connectivity index (χ0) is 15.6. The first-order chi connectivity index (χ1) is 11.2. The van der Waals surface area contributed by atoms with Crippen molar-refractivity contribution in [2.75, 3.05) is 0 Å². The van der Waals surface area contributed by atoms with Gasteiger partial charge in [0.15, 0.2) is 0 Å². The topological polar surface area (TPSA) is 58.3 Å². The van der Waals surface area contributed by atoms with Gasteiger partial charge in [0.2, 0.25) is 11.8 Å². The Morgan fingerprint density at radius 1 is 0.957 bits per heavy atom. The van der Waals surface area contributed by atoms with E-state index in [4.69, 9.17) is 0 Å². The fraction of sp³-hybridized carbons (Fsp3) is 0.278. The van der Waals surface area contributed by atoms with Gasteiger partial charge in [0.25, 0.3) is 0 Å². The van der Waals surface area contributed by atoms with Crippen molar-refractivity contribution >= 4 is 11.5 Å². The number of rotatable bonds is 2. The molecule has 2 aromatic heterocycles. The van der Waals surface area contributed by atoms with Crippen LogP contribution in [0.1, 0.15) is 42.2 Å². The van der Waals surface area contributed by atoms with Gasteiger partial charge < -0.3 is 10.2 Å². The molecule has 2 N–H and O–H groups in total. The van der Waals surface area contributed by atoms with E-state index in [0.717, 1.165) is 47.2 Å². The summed E-state index contributed by atoms with van der Waals surface area (Å²) in [6.07, 6.45) is 5.17. The van der Waals surface area contributed by atoms with E-state index in [0.29, 0.717) is 11.8 Å². The lowest BCUT2D eigenvalue weighted by Gasteiger charge is -2.10. The molecule has 2 heterocycles. The van der Waals surface area contributed by atoms with Crippen LogP contribution in [0.5, 0.6) is 11.8 Å². The van der Waals surface area contributed by atoms with Gasteiger partial charge in [-0.05, 0) is 60.3 Å². The van der Waals surface area contributed by atoms with Gasteiger partial charge in [-0.1, -0.05) is 12.1 Å². The van der Waals surface area contributed by atoms with E-state index < -0.39 is 0 Å². The Bertz CT molecular complexity index is 847. The van der Waals surface area contributed by atoms with Crippen LogP contribution in [0.4, 0.5) is 0 Å². The van der Waals surface area contributed by atoms with Crippen LogP contribution >= 0.6 is 11.5 Å². The number of nitrogens with zero attached hydrogens (tertiary/aromatic N) is 2. The standard InChI is InChI=1S/C18H16N2O2S/c21-17-15-11-1-2-12(7-11)16(15)18(22)20(17)14-5-3-10(4-6-14)13-8-19-23-9-13/h3-6,8-9,11-12,21-22H,1-2,7H2/t11-,12+. The molecule has 0 aliphatic heterocycles. The number of hydrogen-bond donors (Lipinski definition) is 2. The number of fused-ring (bicyclic) bond motifs is 5. The Labute approximate surface area is 137 Å². The maximum absolute atomic E-state index is 10.7. The molecule has 2 bridgehead atoms. The minimum Gasteiger partial charge on any atom is -0.494 e. The van der Waals surface area contributed by atoms with Gasteiger partial charge in [-0.15, -0.1) is 0 Å². The van der Waals surface area contributed by atoms with Gasteiger partial charge in [-0.3, -0.25) is 4.57 Å². The van der Waals surface area contributed by atoms with Crippen molar-refractivity contribution in [2.24, 2.45) is 0 Å². The molecule has 2 aliphatic carbocycles. The van der Waals surface area contributed by atoms with Crippen molar-refractivity contribution in [1.82, 2.24) is 8.94 Å². The molecule has 1 fully saturated rings. The van der Waals surface area contributed by atoms with Crippen LogP contribution in [0.15, 0.2) is 35.8 Å². The highest BCUT2D eigenvalue weighted by atomic mass is 32.1. The molecule has 0 spiro atoms. The average Bonchev–Trinajstić information content (AvgIpc) is 3.33. The van der Waals surface area contributed by atoms with Crippen molar-refractivity contribution < 1.29 is 10.2 Å². The van der Waals surface area contributed by atoms with E-state index in [9.17, 15) is 10.2 Å². The maximum Gasteiger partial charge on any atom is 0.202 e. The zero-order valence-electron chi connectivity index (χ0n) is 12.4. The summed E-state index contributed by atoms with van der Waals surface area (Å²) in [7, 11) is 0. The minimum absolute atomic E-state index is 0.217. The van der Waals surface area contributed by atoms with E-state index in [-0.39, 0.29) is 11.8 Å². The smallest absolute Gasteiger partial charge is 0.202 e. The van der Waals surface area contributed by atoms with Crippen molar-refractivity contribution in [2.45, 2.75) is 31.1 Å². The first kappa shape index (κ1) is 13.2. The Hall–Kier alpha value is -2.27. The van der Waals surface area contributed by atoms with Crippen molar-refractivity contribution in [3.63, 3.8) is 0 Å². The van der Waals surface area contributed by atoms with E-state index in [2.05, 4.69) is 4.37 Å². The largest absolute Gasteiger partial charge is 0.494 e. The third-order valence-electron chi connectivity index (χ3n) is 5.34. The molecule has 5 rings (SSSR count). The summed E-state index contributed by atoms with van der Waals surface area (Å²) in [4.78, 5) is 0. The van der Waals surface area contributed by atoms with Crippen LogP contribution in [0.25, 0.3) is 16.8 Å². The van der Waals surface area contributed by atoms with E-state index in [1.165, 1.54) is 11.5 Å². The van der Waals surface area contributed by atoms with Crippen LogP contribution < -0.4 is 0 Å². The normalized spacial score (nSPS) is 21.7. The van der Waals surface area contributed by atoms with E-state index in [1.807, 2.05) is 35.8 Å². The lowest BCUT2D eigenvalue weighted by Crippen LogP contribution is -1.95. The Morgan fingerprint density at radius 3 is 2.17 bits per heavy atom.